The summed E-state index contributed by atoms with van der Waals surface area (Å²) >= 11 is 0. The molecule has 2 aliphatic rings. The lowest BCUT2D eigenvalue weighted by molar-refractivity contribution is -0.896. The van der Waals surface area contributed by atoms with Gasteiger partial charge in [-0.3, -0.25) is 9.68 Å². The molecule has 0 saturated heterocycles. The molecule has 0 radical (unpaired) electrons. The molecule has 62 heavy (non-hydrogen) atoms. The van der Waals surface area contributed by atoms with E-state index in [0.29, 0.717) is 19.6 Å². The number of allylic oxidation sites excluding steroid dienone is 2. The summed E-state index contributed by atoms with van der Waals surface area (Å²) in [7, 11) is -2.23. The van der Waals surface area contributed by atoms with Crippen molar-refractivity contribution in [3.05, 3.63) is 251 Å². The Morgan fingerprint density at radius 2 is 0.887 bits per heavy atom. The topological polar surface area (TPSA) is 81.6 Å². The van der Waals surface area contributed by atoms with Crippen LogP contribution in [0, 0.1) is 0 Å². The highest BCUT2D eigenvalue weighted by atomic mass is 16.7. The minimum atomic E-state index is -2.23. The van der Waals surface area contributed by atoms with Crippen LogP contribution in [0.15, 0.2) is 200 Å². The molecule has 9 rings (SSSR count). The summed E-state index contributed by atoms with van der Waals surface area (Å²) in [5.41, 5.74) is 10.8. The Bertz CT molecular complexity index is 2310. The summed E-state index contributed by atoms with van der Waals surface area (Å²) in [5, 5.41) is 21.4. The molecule has 0 N–H and O–H groups in total. The number of pyridine rings is 2. The van der Waals surface area contributed by atoms with Crippen molar-refractivity contribution in [2.45, 2.75) is 43.9 Å². The van der Waals surface area contributed by atoms with E-state index in [1.807, 2.05) is 102 Å². The van der Waals surface area contributed by atoms with E-state index in [1.54, 1.807) is 0 Å². The number of hydrogen-bond donors (Lipinski definition) is 0. The molecule has 8 heteroatoms. The Morgan fingerprint density at radius 3 is 1.29 bits per heavy atom. The van der Waals surface area contributed by atoms with Gasteiger partial charge in [-0.05, 0) is 77.8 Å². The third kappa shape index (κ3) is 10.3. The highest BCUT2D eigenvalue weighted by molar-refractivity contribution is 6.28. The van der Waals surface area contributed by atoms with Crippen molar-refractivity contribution in [1.82, 2.24) is 0 Å². The molecule has 0 amide bonds. The molecule has 0 spiro atoms. The maximum Gasteiger partial charge on any atom is 0.245 e. The van der Waals surface area contributed by atoms with Gasteiger partial charge in [0.2, 0.25) is 23.8 Å². The van der Waals surface area contributed by atoms with Gasteiger partial charge in [-0.25, -0.2) is 0 Å². The summed E-state index contributed by atoms with van der Waals surface area (Å²) < 4.78 is 8.48. The van der Waals surface area contributed by atoms with Crippen molar-refractivity contribution < 1.29 is 33.8 Å². The lowest BCUT2D eigenvalue weighted by atomic mass is 9.67. The third-order valence-electron chi connectivity index (χ3n) is 11.2. The Hall–Kier alpha value is -6.58. The maximum atomic E-state index is 10.7. The van der Waals surface area contributed by atoms with Crippen LogP contribution in [0.25, 0.3) is 12.2 Å². The first kappa shape index (κ1) is 43.5. The van der Waals surface area contributed by atoms with Crippen molar-refractivity contribution in [1.29, 1.82) is 0 Å². The molecule has 0 saturated carbocycles. The van der Waals surface area contributed by atoms with Crippen molar-refractivity contribution in [2.75, 3.05) is 19.8 Å². The lowest BCUT2D eigenvalue weighted by Gasteiger charge is -2.37. The van der Waals surface area contributed by atoms with E-state index in [2.05, 4.69) is 133 Å². The minimum Gasteiger partial charge on any atom is -0.871 e. The summed E-state index contributed by atoms with van der Waals surface area (Å²) in [5.74, 6) is 0.572. The lowest BCUT2D eigenvalue weighted by Crippen LogP contribution is -2.48. The van der Waals surface area contributed by atoms with Crippen LogP contribution < -0.4 is 29.2 Å². The Labute approximate surface area is 366 Å². The molecule has 2 aromatic heterocycles. The highest BCUT2D eigenvalue weighted by Crippen LogP contribution is 2.43. The molecule has 2 unspecified atom stereocenters. The fourth-order valence-electron chi connectivity index (χ4n) is 8.51. The Balaban J connectivity index is 0.000000143. The molecule has 7 aromatic rings. The van der Waals surface area contributed by atoms with E-state index in [4.69, 9.17) is 14.3 Å². The molecule has 0 aliphatic heterocycles. The second kappa shape index (κ2) is 21.8. The summed E-state index contributed by atoms with van der Waals surface area (Å²) in [4.78, 5) is 11.3. The molecular weight excluding hydrogens is 767 g/mol. The SMILES string of the molecule is CCO[n+]1ccccc1C1C=Cc2ccccc21.CCO[n+]1ccccc1C1C=Cc2ccccc21.[O-]B([O-])OCCCC(c1ccccc1)(c1ccccc1)c1ccccc1. The van der Waals surface area contributed by atoms with Gasteiger partial charge in [0.05, 0.1) is 19.2 Å². The molecule has 0 bridgehead atoms. The standard InChI is InChI=1S/C22H21BO3.2C16H16NO/c24-23(25)26-18-10-17-22(19-11-4-1-5-12-19,20-13-6-2-7-14-20)21-15-8-3-9-16-21;2*1-2-18-17-12-6-5-9-16(17)15-11-10-13-7-3-4-8-14(13)15/h1-9,11-16H,10,17-18H2;2*3-12,15H,2H2,1H3/q-2;2*+1. The van der Waals surface area contributed by atoms with Gasteiger partial charge < -0.3 is 14.7 Å². The summed E-state index contributed by atoms with van der Waals surface area (Å²) in [6.45, 7) is 5.50. The van der Waals surface area contributed by atoms with Gasteiger partial charge in [0.25, 0.3) is 0 Å². The first-order valence-electron chi connectivity index (χ1n) is 21.4. The van der Waals surface area contributed by atoms with Crippen LogP contribution >= 0.6 is 0 Å². The fraction of sp³-hybridized carbons (Fsp3) is 0.185. The fourth-order valence-corrected chi connectivity index (χ4v) is 8.51. The molecule has 2 aliphatic carbocycles. The normalized spacial score (nSPS) is 14.4. The van der Waals surface area contributed by atoms with Gasteiger partial charge >= 0.3 is 0 Å². The summed E-state index contributed by atoms with van der Waals surface area (Å²) in [6.07, 6.45) is 14.1. The molecule has 0 fully saturated rings. The quantitative estimate of drug-likeness (QED) is 0.0487. The van der Waals surface area contributed by atoms with E-state index in [1.165, 1.54) is 50.3 Å². The second-order valence-corrected chi connectivity index (χ2v) is 14.9. The van der Waals surface area contributed by atoms with E-state index in [9.17, 15) is 10.0 Å². The van der Waals surface area contributed by atoms with E-state index in [-0.39, 0.29) is 23.9 Å². The van der Waals surface area contributed by atoms with Crippen molar-refractivity contribution in [2.24, 2.45) is 0 Å². The van der Waals surface area contributed by atoms with Crippen LogP contribution in [0.1, 0.15) is 88.9 Å². The van der Waals surface area contributed by atoms with Crippen LogP contribution in [0.3, 0.4) is 0 Å². The molecule has 5 aromatic carbocycles. The number of fused-ring (bicyclic) bond motifs is 2. The van der Waals surface area contributed by atoms with Gasteiger partial charge in [-0.2, -0.15) is 0 Å². The van der Waals surface area contributed by atoms with Gasteiger partial charge in [0.15, 0.2) is 13.2 Å². The van der Waals surface area contributed by atoms with Crippen molar-refractivity contribution in [3.63, 3.8) is 0 Å². The minimum absolute atomic E-state index is 0.159. The largest absolute Gasteiger partial charge is 0.871 e. The van der Waals surface area contributed by atoms with Crippen LogP contribution in [0.4, 0.5) is 0 Å². The number of rotatable bonds is 14. The second-order valence-electron chi connectivity index (χ2n) is 14.9. The van der Waals surface area contributed by atoms with Crippen molar-refractivity contribution in [3.8, 4) is 0 Å². The van der Waals surface area contributed by atoms with Crippen LogP contribution in [0.2, 0.25) is 0 Å². The first-order valence-corrected chi connectivity index (χ1v) is 21.4. The molecule has 7 nitrogen and oxygen atoms in total. The molecular formula is C54H53BN2O5. The van der Waals surface area contributed by atoms with Gasteiger partial charge in [-0.15, -0.1) is 0 Å². The van der Waals surface area contributed by atoms with Gasteiger partial charge in [0, 0.05) is 45.7 Å². The Morgan fingerprint density at radius 1 is 0.500 bits per heavy atom. The zero-order valence-electron chi connectivity index (χ0n) is 35.4. The third-order valence-corrected chi connectivity index (χ3v) is 11.2. The van der Waals surface area contributed by atoms with Crippen LogP contribution in [-0.4, -0.2) is 27.1 Å². The van der Waals surface area contributed by atoms with Crippen LogP contribution in [0.5, 0.6) is 0 Å². The average molecular weight is 821 g/mol. The van der Waals surface area contributed by atoms with Gasteiger partial charge in [-0.1, -0.05) is 164 Å². The Kier molecular flexibility index (Phi) is 15.3. The zero-order valence-corrected chi connectivity index (χ0v) is 35.4. The van der Waals surface area contributed by atoms with E-state index in [0.717, 1.165) is 6.42 Å². The molecule has 2 heterocycles. The summed E-state index contributed by atoms with van der Waals surface area (Å²) in [6, 6.07) is 60.4. The number of benzene rings is 5. The average Bonchev–Trinajstić information content (AvgIpc) is 3.96. The predicted molar refractivity (Wildman–Crippen MR) is 242 cm³/mol. The molecule has 312 valence electrons. The maximum absolute atomic E-state index is 10.7. The van der Waals surface area contributed by atoms with Crippen molar-refractivity contribution >= 4 is 19.5 Å². The predicted octanol–water partition coefficient (Wildman–Crippen LogP) is 7.69. The first-order chi connectivity index (χ1) is 30.5. The number of nitrogens with zero attached hydrogens (tertiary/aromatic N) is 2. The molecule has 2 atom stereocenters. The van der Waals surface area contributed by atoms with Crippen LogP contribution in [-0.2, 0) is 10.1 Å². The zero-order chi connectivity index (χ0) is 43.0. The monoisotopic (exact) mass is 820 g/mol. The number of aromatic nitrogens is 2. The highest BCUT2D eigenvalue weighted by Gasteiger charge is 2.35. The van der Waals surface area contributed by atoms with Gasteiger partial charge in [0.1, 0.15) is 0 Å². The smallest absolute Gasteiger partial charge is 0.245 e. The van der Waals surface area contributed by atoms with E-state index < -0.39 is 7.32 Å². The number of hydrogen-bond acceptors (Lipinski definition) is 5. The van der Waals surface area contributed by atoms with E-state index >= 15 is 0 Å².